The summed E-state index contributed by atoms with van der Waals surface area (Å²) >= 11 is 0. The van der Waals surface area contributed by atoms with Gasteiger partial charge in [-0.1, -0.05) is 18.2 Å². The summed E-state index contributed by atoms with van der Waals surface area (Å²) < 4.78 is 43.9. The average Bonchev–Trinajstić information content (AvgIpc) is 2.81. The maximum atomic E-state index is 12.8. The number of nitrogens with one attached hydrogen (secondary N) is 2. The Kier molecular flexibility index (Phi) is 6.74. The second kappa shape index (κ2) is 9.86. The van der Waals surface area contributed by atoms with Crippen molar-refractivity contribution in [3.05, 3.63) is 71.9 Å². The number of carbonyl (C=O) groups is 1. The molecule has 1 fully saturated rings. The normalized spacial score (nSPS) is 14.1. The van der Waals surface area contributed by atoms with E-state index in [1.165, 1.54) is 12.1 Å². The van der Waals surface area contributed by atoms with Crippen LogP contribution >= 0.6 is 0 Å². The molecule has 1 aliphatic heterocycles. The van der Waals surface area contributed by atoms with Gasteiger partial charge in [0.25, 0.3) is 0 Å². The molecule has 0 unspecified atom stereocenters. The van der Waals surface area contributed by atoms with E-state index in [0.717, 1.165) is 36.6 Å². The maximum Gasteiger partial charge on any atom is 0.416 e. The van der Waals surface area contributed by atoms with E-state index in [0.29, 0.717) is 30.3 Å². The number of aromatic nitrogens is 2. The van der Waals surface area contributed by atoms with Gasteiger partial charge < -0.3 is 20.3 Å². The van der Waals surface area contributed by atoms with Crippen LogP contribution in [0.1, 0.15) is 11.1 Å². The lowest BCUT2D eigenvalue weighted by atomic mass is 10.1. The summed E-state index contributed by atoms with van der Waals surface area (Å²) in [7, 11) is 0. The van der Waals surface area contributed by atoms with Gasteiger partial charge in [-0.05, 0) is 35.9 Å². The highest BCUT2D eigenvalue weighted by Gasteiger charge is 2.30. The largest absolute Gasteiger partial charge is 0.416 e. The molecule has 3 aromatic rings. The molecule has 1 aromatic heterocycles. The van der Waals surface area contributed by atoms with Gasteiger partial charge in [-0.2, -0.15) is 18.3 Å². The topological polar surface area (TPSA) is 79.4 Å². The van der Waals surface area contributed by atoms with Gasteiger partial charge in [0, 0.05) is 30.5 Å². The predicted molar refractivity (Wildman–Crippen MR) is 119 cm³/mol. The van der Waals surface area contributed by atoms with E-state index >= 15 is 0 Å². The van der Waals surface area contributed by atoms with Crippen molar-refractivity contribution in [2.24, 2.45) is 0 Å². The molecule has 4 rings (SSSR count). The minimum absolute atomic E-state index is 0.159. The lowest BCUT2D eigenvalue weighted by molar-refractivity contribution is -0.137. The molecule has 2 N–H and O–H groups in total. The van der Waals surface area contributed by atoms with Crippen molar-refractivity contribution in [1.82, 2.24) is 10.2 Å². The third-order valence-electron chi connectivity index (χ3n) is 5.08. The molecule has 0 radical (unpaired) electrons. The summed E-state index contributed by atoms with van der Waals surface area (Å²) in [5.74, 6) is 0.180. The molecule has 0 spiro atoms. The van der Waals surface area contributed by atoms with Gasteiger partial charge in [-0.3, -0.25) is 4.79 Å². The van der Waals surface area contributed by atoms with Gasteiger partial charge in [0.2, 0.25) is 5.91 Å². The molecular formula is C23H22F3N5O2. The standard InChI is InChI=1S/C23H22F3N5O2/c24-23(25,26)17-3-1-2-16(12-17)13-22(32)29-19-6-4-18(5-7-19)28-21-14-20(15-27-30-21)31-8-10-33-11-9-31/h1-7,12,14-15H,8-11,13H2,(H,28,30)(H,29,32). The quantitative estimate of drug-likeness (QED) is 0.576. The van der Waals surface area contributed by atoms with Crippen molar-refractivity contribution in [2.75, 3.05) is 41.8 Å². The average molecular weight is 457 g/mol. The van der Waals surface area contributed by atoms with Crippen LogP contribution in [-0.2, 0) is 22.1 Å². The van der Waals surface area contributed by atoms with Crippen LogP contribution < -0.4 is 15.5 Å². The zero-order valence-electron chi connectivity index (χ0n) is 17.6. The van der Waals surface area contributed by atoms with Crippen molar-refractivity contribution < 1.29 is 22.7 Å². The van der Waals surface area contributed by atoms with E-state index in [9.17, 15) is 18.0 Å². The van der Waals surface area contributed by atoms with Crippen LogP contribution in [0.4, 0.5) is 36.1 Å². The Morgan fingerprint density at radius 2 is 1.76 bits per heavy atom. The molecule has 0 saturated carbocycles. The predicted octanol–water partition coefficient (Wildman–Crippen LogP) is 4.26. The highest BCUT2D eigenvalue weighted by molar-refractivity contribution is 5.92. The molecule has 1 aliphatic rings. The molecule has 1 amide bonds. The van der Waals surface area contributed by atoms with E-state index < -0.39 is 17.6 Å². The number of nitrogens with zero attached hydrogens (tertiary/aromatic N) is 3. The van der Waals surface area contributed by atoms with E-state index in [-0.39, 0.29) is 6.42 Å². The van der Waals surface area contributed by atoms with E-state index in [4.69, 9.17) is 4.74 Å². The second-order valence-electron chi connectivity index (χ2n) is 7.52. The number of ether oxygens (including phenoxy) is 1. The zero-order chi connectivity index (χ0) is 23.3. The molecule has 7 nitrogen and oxygen atoms in total. The van der Waals surface area contributed by atoms with Gasteiger partial charge in [-0.15, -0.1) is 5.10 Å². The maximum absolute atomic E-state index is 12.8. The summed E-state index contributed by atoms with van der Waals surface area (Å²) in [6.07, 6.45) is -2.89. The number of benzene rings is 2. The smallest absolute Gasteiger partial charge is 0.378 e. The van der Waals surface area contributed by atoms with Crippen molar-refractivity contribution >= 4 is 28.8 Å². The molecule has 172 valence electrons. The Hall–Kier alpha value is -3.66. The van der Waals surface area contributed by atoms with Crippen LogP contribution in [0.5, 0.6) is 0 Å². The molecular weight excluding hydrogens is 435 g/mol. The summed E-state index contributed by atoms with van der Waals surface area (Å²) in [5, 5.41) is 14.0. The van der Waals surface area contributed by atoms with Crippen LogP contribution in [0.25, 0.3) is 0 Å². The summed E-state index contributed by atoms with van der Waals surface area (Å²) in [5.41, 5.74) is 1.75. The Morgan fingerprint density at radius 1 is 1.03 bits per heavy atom. The SMILES string of the molecule is O=C(Cc1cccc(C(F)(F)F)c1)Nc1ccc(Nc2cc(N3CCOCC3)cnn2)cc1. The van der Waals surface area contributed by atoms with Crippen LogP contribution in [0.2, 0.25) is 0 Å². The third kappa shape index (κ3) is 6.19. The fraction of sp³-hybridized carbons (Fsp3) is 0.261. The van der Waals surface area contributed by atoms with E-state index in [1.54, 1.807) is 30.5 Å². The third-order valence-corrected chi connectivity index (χ3v) is 5.08. The fourth-order valence-electron chi connectivity index (χ4n) is 3.44. The number of halogens is 3. The number of hydrogen-bond acceptors (Lipinski definition) is 6. The van der Waals surface area contributed by atoms with Crippen molar-refractivity contribution in [1.29, 1.82) is 0 Å². The first kappa shape index (κ1) is 22.5. The number of rotatable bonds is 6. The molecule has 1 saturated heterocycles. The Bertz CT molecular complexity index is 1100. The molecule has 0 aliphatic carbocycles. The molecule has 0 atom stereocenters. The van der Waals surface area contributed by atoms with Gasteiger partial charge in [0.05, 0.1) is 37.1 Å². The highest BCUT2D eigenvalue weighted by atomic mass is 19.4. The van der Waals surface area contributed by atoms with E-state index in [2.05, 4.69) is 25.7 Å². The van der Waals surface area contributed by atoms with Crippen molar-refractivity contribution in [3.63, 3.8) is 0 Å². The molecule has 0 bridgehead atoms. The number of anilines is 4. The lowest BCUT2D eigenvalue weighted by Gasteiger charge is -2.28. The van der Waals surface area contributed by atoms with Crippen molar-refractivity contribution in [2.45, 2.75) is 12.6 Å². The van der Waals surface area contributed by atoms with Crippen LogP contribution in [0, 0.1) is 0 Å². The minimum Gasteiger partial charge on any atom is -0.378 e. The lowest BCUT2D eigenvalue weighted by Crippen LogP contribution is -2.36. The minimum atomic E-state index is -4.44. The number of alkyl halides is 3. The van der Waals surface area contributed by atoms with Gasteiger partial charge in [0.15, 0.2) is 5.82 Å². The van der Waals surface area contributed by atoms with Crippen molar-refractivity contribution in [3.8, 4) is 0 Å². The van der Waals surface area contributed by atoms with Gasteiger partial charge in [0.1, 0.15) is 0 Å². The monoisotopic (exact) mass is 457 g/mol. The number of hydrogen-bond donors (Lipinski definition) is 2. The molecule has 33 heavy (non-hydrogen) atoms. The number of amides is 1. The number of morpholine rings is 1. The summed E-state index contributed by atoms with van der Waals surface area (Å²) in [4.78, 5) is 14.4. The zero-order valence-corrected chi connectivity index (χ0v) is 17.6. The van der Waals surface area contributed by atoms with Crippen LogP contribution in [0.3, 0.4) is 0 Å². The Labute approximate surface area is 188 Å². The first-order valence-electron chi connectivity index (χ1n) is 10.4. The van der Waals surface area contributed by atoms with Crippen LogP contribution in [-0.4, -0.2) is 42.4 Å². The molecule has 2 heterocycles. The molecule has 10 heteroatoms. The highest BCUT2D eigenvalue weighted by Crippen LogP contribution is 2.29. The Morgan fingerprint density at radius 3 is 2.48 bits per heavy atom. The summed E-state index contributed by atoms with van der Waals surface area (Å²) in [6.45, 7) is 2.93. The summed E-state index contributed by atoms with van der Waals surface area (Å²) in [6, 6.07) is 13.6. The van der Waals surface area contributed by atoms with Crippen LogP contribution in [0.15, 0.2) is 60.8 Å². The first-order chi connectivity index (χ1) is 15.9. The fourth-order valence-corrected chi connectivity index (χ4v) is 3.44. The van der Waals surface area contributed by atoms with Gasteiger partial charge >= 0.3 is 6.18 Å². The van der Waals surface area contributed by atoms with E-state index in [1.807, 2.05) is 6.07 Å². The van der Waals surface area contributed by atoms with Gasteiger partial charge in [-0.25, -0.2) is 0 Å². The Balaban J connectivity index is 1.34. The molecule has 2 aromatic carbocycles. The first-order valence-corrected chi connectivity index (χ1v) is 10.4. The number of carbonyl (C=O) groups excluding carboxylic acids is 1. The second-order valence-corrected chi connectivity index (χ2v) is 7.52.